The highest BCUT2D eigenvalue weighted by atomic mass is 19.3. The van der Waals surface area contributed by atoms with Gasteiger partial charge in [-0.2, -0.15) is 0 Å². The van der Waals surface area contributed by atoms with Gasteiger partial charge in [0.05, 0.1) is 0 Å². The minimum Gasteiger partial charge on any atom is -0.377 e. The second kappa shape index (κ2) is 4.91. The van der Waals surface area contributed by atoms with Gasteiger partial charge in [0, 0.05) is 23.8 Å². The van der Waals surface area contributed by atoms with E-state index in [1.807, 2.05) is 6.92 Å². The first-order chi connectivity index (χ1) is 11.2. The molecule has 0 aromatic rings. The third kappa shape index (κ3) is 1.94. The lowest BCUT2D eigenvalue weighted by atomic mass is 9.50. The standard InChI is InChI=1S/C20H24F2O2/c1-3-19(24)9-7-16-15-11-20(21,22)17-10-12(23)4-5-14(17)13(15)6-8-18(16,19)2/h1,10,13-16,24H,4-9,11H2,2H3/t13-,14-,15-,16+,18+,19+/m1/s1. The van der Waals surface area contributed by atoms with Gasteiger partial charge >= 0.3 is 0 Å². The number of halogens is 2. The van der Waals surface area contributed by atoms with Crippen LogP contribution in [0.3, 0.4) is 0 Å². The first-order valence-electron chi connectivity index (χ1n) is 9.05. The fourth-order valence-corrected chi connectivity index (χ4v) is 6.40. The maximum absolute atomic E-state index is 14.8. The van der Waals surface area contributed by atoms with Crippen LogP contribution in [0, 0.1) is 41.4 Å². The van der Waals surface area contributed by atoms with Crippen molar-refractivity contribution in [3.05, 3.63) is 11.6 Å². The summed E-state index contributed by atoms with van der Waals surface area (Å²) in [6.07, 6.45) is 10.4. The summed E-state index contributed by atoms with van der Waals surface area (Å²) in [6, 6.07) is 0. The molecule has 0 aromatic carbocycles. The van der Waals surface area contributed by atoms with Crippen LogP contribution in [0.4, 0.5) is 8.78 Å². The normalized spacial score (nSPS) is 49.5. The van der Waals surface area contributed by atoms with Gasteiger partial charge in [-0.3, -0.25) is 4.79 Å². The molecular weight excluding hydrogens is 310 g/mol. The molecule has 24 heavy (non-hydrogen) atoms. The summed E-state index contributed by atoms with van der Waals surface area (Å²) in [5.41, 5.74) is -1.56. The highest BCUT2D eigenvalue weighted by Crippen LogP contribution is 2.66. The molecule has 3 fully saturated rings. The van der Waals surface area contributed by atoms with Gasteiger partial charge in [-0.25, -0.2) is 8.78 Å². The van der Waals surface area contributed by atoms with Crippen LogP contribution in [0.25, 0.3) is 0 Å². The van der Waals surface area contributed by atoms with Crippen molar-refractivity contribution >= 4 is 5.78 Å². The Hall–Kier alpha value is -1.21. The van der Waals surface area contributed by atoms with E-state index in [1.165, 1.54) is 6.08 Å². The molecular formula is C20H24F2O2. The van der Waals surface area contributed by atoms with Gasteiger partial charge in [-0.1, -0.05) is 12.8 Å². The third-order valence-electron chi connectivity index (χ3n) is 7.73. The number of aliphatic hydroxyl groups is 1. The quantitative estimate of drug-likeness (QED) is 0.685. The summed E-state index contributed by atoms with van der Waals surface area (Å²) in [6.45, 7) is 1.99. The minimum absolute atomic E-state index is 0.0438. The summed E-state index contributed by atoms with van der Waals surface area (Å²) >= 11 is 0. The Bertz CT molecular complexity index is 661. The van der Waals surface area contributed by atoms with Gasteiger partial charge in [0.1, 0.15) is 5.60 Å². The predicted molar refractivity (Wildman–Crippen MR) is 86.2 cm³/mol. The number of hydrogen-bond acceptors (Lipinski definition) is 2. The molecule has 3 saturated carbocycles. The number of terminal acetylenes is 1. The lowest BCUT2D eigenvalue weighted by molar-refractivity contribution is -0.131. The Morgan fingerprint density at radius 3 is 2.71 bits per heavy atom. The highest BCUT2D eigenvalue weighted by Gasteiger charge is 2.65. The first kappa shape index (κ1) is 16.3. The van der Waals surface area contributed by atoms with Crippen molar-refractivity contribution in [3.8, 4) is 12.3 Å². The van der Waals surface area contributed by atoms with Gasteiger partial charge in [0.25, 0.3) is 5.92 Å². The Morgan fingerprint density at radius 1 is 1.25 bits per heavy atom. The second-order valence-electron chi connectivity index (χ2n) is 8.55. The van der Waals surface area contributed by atoms with Crippen molar-refractivity contribution < 1.29 is 18.7 Å². The van der Waals surface area contributed by atoms with Crippen LogP contribution >= 0.6 is 0 Å². The number of carbonyl (C=O) groups excluding carboxylic acids is 1. The highest BCUT2D eigenvalue weighted by molar-refractivity contribution is 5.91. The Kier molecular flexibility index (Phi) is 3.33. The molecule has 0 aliphatic heterocycles. The molecule has 4 rings (SSSR count). The summed E-state index contributed by atoms with van der Waals surface area (Å²) < 4.78 is 29.6. The Balaban J connectivity index is 1.73. The first-order valence-corrected chi connectivity index (χ1v) is 9.05. The zero-order valence-corrected chi connectivity index (χ0v) is 14.0. The fraction of sp³-hybridized carbons (Fsp3) is 0.750. The van der Waals surface area contributed by atoms with E-state index in [9.17, 15) is 18.7 Å². The molecule has 1 N–H and O–H groups in total. The molecule has 6 atom stereocenters. The number of ketones is 1. The van der Waals surface area contributed by atoms with E-state index in [0.717, 1.165) is 19.3 Å². The van der Waals surface area contributed by atoms with E-state index in [2.05, 4.69) is 5.92 Å². The van der Waals surface area contributed by atoms with Gasteiger partial charge in [0.2, 0.25) is 0 Å². The van der Waals surface area contributed by atoms with Crippen LogP contribution in [0.1, 0.15) is 51.9 Å². The average molecular weight is 334 g/mol. The molecule has 0 spiro atoms. The molecule has 4 aliphatic rings. The van der Waals surface area contributed by atoms with E-state index in [1.54, 1.807) is 0 Å². The number of carbonyl (C=O) groups is 1. The summed E-state index contributed by atoms with van der Waals surface area (Å²) in [4.78, 5) is 11.7. The smallest absolute Gasteiger partial charge is 0.270 e. The van der Waals surface area contributed by atoms with Crippen molar-refractivity contribution in [1.82, 2.24) is 0 Å². The monoisotopic (exact) mass is 334 g/mol. The second-order valence-corrected chi connectivity index (χ2v) is 8.55. The van der Waals surface area contributed by atoms with Gasteiger partial charge in [-0.05, 0) is 61.9 Å². The Morgan fingerprint density at radius 2 is 2.00 bits per heavy atom. The van der Waals surface area contributed by atoms with E-state index >= 15 is 0 Å². The summed E-state index contributed by atoms with van der Waals surface area (Å²) in [5, 5.41) is 10.9. The van der Waals surface area contributed by atoms with Gasteiger partial charge < -0.3 is 5.11 Å². The predicted octanol–water partition coefficient (Wildman–Crippen LogP) is 3.74. The van der Waals surface area contributed by atoms with E-state index < -0.39 is 16.9 Å². The van der Waals surface area contributed by atoms with Crippen LogP contribution in [-0.4, -0.2) is 22.4 Å². The molecule has 0 heterocycles. The molecule has 0 bridgehead atoms. The molecule has 0 radical (unpaired) electrons. The lowest BCUT2D eigenvalue weighted by Gasteiger charge is -2.56. The molecule has 4 aliphatic carbocycles. The number of fused-ring (bicyclic) bond motifs is 5. The van der Waals surface area contributed by atoms with Crippen molar-refractivity contribution in [3.63, 3.8) is 0 Å². The third-order valence-corrected chi connectivity index (χ3v) is 7.73. The maximum Gasteiger partial charge on any atom is 0.270 e. The fourth-order valence-electron chi connectivity index (χ4n) is 6.40. The number of allylic oxidation sites excluding steroid dienone is 1. The molecule has 4 heteroatoms. The summed E-state index contributed by atoms with van der Waals surface area (Å²) in [5.74, 6) is -0.554. The van der Waals surface area contributed by atoms with Crippen LogP contribution < -0.4 is 0 Å². The average Bonchev–Trinajstić information content (AvgIpc) is 2.80. The van der Waals surface area contributed by atoms with Crippen LogP contribution in [0.5, 0.6) is 0 Å². The van der Waals surface area contributed by atoms with Gasteiger partial charge in [-0.15, -0.1) is 6.42 Å². The minimum atomic E-state index is -2.91. The summed E-state index contributed by atoms with van der Waals surface area (Å²) in [7, 11) is 0. The molecule has 130 valence electrons. The van der Waals surface area contributed by atoms with Crippen LogP contribution in [0.15, 0.2) is 11.6 Å². The Labute approximate surface area is 141 Å². The van der Waals surface area contributed by atoms with E-state index in [4.69, 9.17) is 6.42 Å². The molecule has 0 aromatic heterocycles. The number of rotatable bonds is 0. The van der Waals surface area contributed by atoms with E-state index in [0.29, 0.717) is 19.3 Å². The van der Waals surface area contributed by atoms with Crippen LogP contribution in [0.2, 0.25) is 0 Å². The zero-order chi connectivity index (χ0) is 17.3. The van der Waals surface area contributed by atoms with Crippen molar-refractivity contribution in [2.24, 2.45) is 29.1 Å². The SMILES string of the molecule is C#C[C@]1(O)CC[C@H]2[C@@H]3CC(F)(F)C4=CC(=O)CC[C@@H]4[C@H]3CC[C@@]21C. The van der Waals surface area contributed by atoms with Crippen molar-refractivity contribution in [2.75, 3.05) is 0 Å². The number of alkyl halides is 2. The maximum atomic E-state index is 14.8. The molecule has 0 amide bonds. The van der Waals surface area contributed by atoms with Crippen molar-refractivity contribution in [2.45, 2.75) is 63.4 Å². The zero-order valence-electron chi connectivity index (χ0n) is 14.0. The molecule has 2 nitrogen and oxygen atoms in total. The molecule has 0 saturated heterocycles. The molecule has 0 unspecified atom stereocenters. The van der Waals surface area contributed by atoms with E-state index in [-0.39, 0.29) is 41.4 Å². The lowest BCUT2D eigenvalue weighted by Crippen LogP contribution is -2.55. The van der Waals surface area contributed by atoms with Gasteiger partial charge in [0.15, 0.2) is 5.78 Å². The number of hydrogen-bond donors (Lipinski definition) is 1. The largest absolute Gasteiger partial charge is 0.377 e. The van der Waals surface area contributed by atoms with Crippen molar-refractivity contribution in [1.29, 1.82) is 0 Å². The topological polar surface area (TPSA) is 37.3 Å². The van der Waals surface area contributed by atoms with Crippen LogP contribution in [-0.2, 0) is 4.79 Å².